The van der Waals surface area contributed by atoms with Gasteiger partial charge in [-0.1, -0.05) is 26.6 Å². The van der Waals surface area contributed by atoms with Crippen LogP contribution in [0.5, 0.6) is 0 Å². The van der Waals surface area contributed by atoms with Crippen LogP contribution in [0.2, 0.25) is 19.6 Å². The predicted octanol–water partition coefficient (Wildman–Crippen LogP) is -2.13. The van der Waals surface area contributed by atoms with E-state index in [1.807, 2.05) is 0 Å². The molecule has 0 aliphatic rings. The summed E-state index contributed by atoms with van der Waals surface area (Å²) in [6.45, 7) is 9.04. The summed E-state index contributed by atoms with van der Waals surface area (Å²) in [4.78, 5) is 0. The highest BCUT2D eigenvalue weighted by Gasteiger charge is 2.23. The van der Waals surface area contributed by atoms with Crippen LogP contribution in [0.4, 0.5) is 0 Å². The van der Waals surface area contributed by atoms with Crippen LogP contribution in [-0.2, 0) is 0 Å². The molecule has 0 aliphatic carbocycles. The highest BCUT2D eigenvalue weighted by atomic mass is 35.5. The molecular formula is C7H18ClNSi. The zero-order valence-corrected chi connectivity index (χ0v) is 9.13. The van der Waals surface area contributed by atoms with Gasteiger partial charge in [-0.3, -0.25) is 5.41 Å². The van der Waals surface area contributed by atoms with E-state index in [9.17, 15) is 0 Å². The van der Waals surface area contributed by atoms with E-state index in [-0.39, 0.29) is 12.4 Å². The van der Waals surface area contributed by atoms with E-state index in [1.54, 1.807) is 0 Å². The molecule has 0 aromatic carbocycles. The number of rotatable bonds is 3. The zero-order chi connectivity index (χ0) is 7.49. The Morgan fingerprint density at radius 1 is 1.30 bits per heavy atom. The Hall–Kier alpha value is 0.177. The summed E-state index contributed by atoms with van der Waals surface area (Å²) in [6, 6.07) is 0. The molecule has 10 heavy (non-hydrogen) atoms. The quantitative estimate of drug-likeness (QED) is 0.379. The van der Waals surface area contributed by atoms with Gasteiger partial charge in [0.25, 0.3) is 0 Å². The van der Waals surface area contributed by atoms with E-state index in [1.165, 1.54) is 11.8 Å². The molecule has 0 aromatic rings. The number of hydrogen-bond acceptors (Lipinski definition) is 0. The largest absolute Gasteiger partial charge is 1.00 e. The van der Waals surface area contributed by atoms with E-state index in [0.717, 1.165) is 6.42 Å². The normalized spacial score (nSPS) is 10.4. The zero-order valence-electron chi connectivity index (χ0n) is 7.37. The van der Waals surface area contributed by atoms with Crippen LogP contribution < -0.4 is 17.8 Å². The van der Waals surface area contributed by atoms with Gasteiger partial charge in [0.2, 0.25) is 0 Å². The van der Waals surface area contributed by atoms with Gasteiger partial charge in [0.15, 0.2) is 8.07 Å². The summed E-state index contributed by atoms with van der Waals surface area (Å²) in [6.07, 6.45) is 2.31. The van der Waals surface area contributed by atoms with E-state index >= 15 is 0 Å². The fraction of sp³-hybridized carbons (Fsp3) is 0.857. The summed E-state index contributed by atoms with van der Waals surface area (Å²) >= 11 is 0. The lowest BCUT2D eigenvalue weighted by Crippen LogP contribution is -3.00. The maximum absolute atomic E-state index is 5.84. The monoisotopic (exact) mass is 179 g/mol. The number of hydrogen-bond donors (Lipinski definition) is 1. The van der Waals surface area contributed by atoms with Gasteiger partial charge < -0.3 is 12.4 Å². The van der Waals surface area contributed by atoms with Crippen molar-refractivity contribution in [2.75, 3.05) is 0 Å². The summed E-state index contributed by atoms with van der Waals surface area (Å²) in [5.74, 6) is 0. The minimum atomic E-state index is -1.09. The third-order valence-electron chi connectivity index (χ3n) is 1.48. The van der Waals surface area contributed by atoms with Crippen molar-refractivity contribution in [2.45, 2.75) is 39.4 Å². The molecule has 0 aromatic heterocycles. The van der Waals surface area contributed by atoms with Gasteiger partial charge in [0.1, 0.15) is 5.33 Å². The first-order valence-corrected chi connectivity index (χ1v) is 7.10. The predicted molar refractivity (Wildman–Crippen MR) is 45.2 cm³/mol. The van der Waals surface area contributed by atoms with Crippen molar-refractivity contribution in [3.05, 3.63) is 0 Å². The molecule has 0 radical (unpaired) electrons. The molecule has 1 nitrogen and oxygen atoms in total. The van der Waals surface area contributed by atoms with E-state index < -0.39 is 8.07 Å². The molecule has 3 heteroatoms. The summed E-state index contributed by atoms with van der Waals surface area (Å²) < 4.78 is 0. The second kappa shape index (κ2) is 4.91. The average Bonchev–Trinajstić information content (AvgIpc) is 1.64. The minimum absolute atomic E-state index is 0. The van der Waals surface area contributed by atoms with Gasteiger partial charge in [-0.2, -0.15) is 0 Å². The smallest absolute Gasteiger partial charge is 0.153 e. The van der Waals surface area contributed by atoms with Crippen molar-refractivity contribution in [3.63, 3.8) is 0 Å². The van der Waals surface area contributed by atoms with Crippen LogP contribution in [0.3, 0.4) is 0 Å². The summed E-state index contributed by atoms with van der Waals surface area (Å²) in [5.41, 5.74) is 0. The number of nitrogens with two attached hydrogens (primary N) is 1. The Morgan fingerprint density at radius 3 is 1.80 bits per heavy atom. The van der Waals surface area contributed by atoms with Crippen molar-refractivity contribution in [1.29, 1.82) is 0 Å². The Morgan fingerprint density at radius 2 is 1.70 bits per heavy atom. The fourth-order valence-corrected chi connectivity index (χ4v) is 1.64. The first kappa shape index (κ1) is 12.8. The Balaban J connectivity index is 0. The van der Waals surface area contributed by atoms with Gasteiger partial charge in [0, 0.05) is 6.42 Å². The lowest BCUT2D eigenvalue weighted by molar-refractivity contribution is -0.112. The van der Waals surface area contributed by atoms with Crippen LogP contribution in [0, 0.1) is 0 Å². The molecule has 0 unspecified atom stereocenters. The van der Waals surface area contributed by atoms with Crippen LogP contribution in [-0.4, -0.2) is 13.4 Å². The molecule has 2 N–H and O–H groups in total. The molecule has 0 rings (SSSR count). The lowest BCUT2D eigenvalue weighted by Gasteiger charge is -2.10. The van der Waals surface area contributed by atoms with Gasteiger partial charge >= 0.3 is 0 Å². The molecule has 0 aliphatic heterocycles. The average molecular weight is 180 g/mol. The molecule has 0 spiro atoms. The van der Waals surface area contributed by atoms with E-state index in [0.29, 0.717) is 0 Å². The minimum Gasteiger partial charge on any atom is -1.00 e. The third-order valence-corrected chi connectivity index (χ3v) is 3.66. The van der Waals surface area contributed by atoms with E-state index in [4.69, 9.17) is 5.41 Å². The van der Waals surface area contributed by atoms with Crippen molar-refractivity contribution in [1.82, 2.24) is 0 Å². The lowest BCUT2D eigenvalue weighted by atomic mass is 10.4. The molecule has 0 saturated heterocycles. The molecule has 0 saturated carbocycles. The van der Waals surface area contributed by atoms with Gasteiger partial charge in [0.05, 0.1) is 0 Å². The van der Waals surface area contributed by atoms with Crippen LogP contribution >= 0.6 is 0 Å². The summed E-state index contributed by atoms with van der Waals surface area (Å²) in [5, 5.41) is 7.09. The molecule has 62 valence electrons. The fourth-order valence-electron chi connectivity index (χ4n) is 0.644. The maximum atomic E-state index is 5.84. The molecular weight excluding hydrogens is 162 g/mol. The first-order chi connectivity index (χ1) is 3.98. The molecule has 0 amide bonds. The third kappa shape index (κ3) is 5.00. The first-order valence-electron chi connectivity index (χ1n) is 3.60. The molecule has 0 bridgehead atoms. The van der Waals surface area contributed by atoms with Crippen molar-refractivity contribution >= 4 is 13.4 Å². The molecule has 0 fully saturated rings. The van der Waals surface area contributed by atoms with Gasteiger partial charge in [-0.25, -0.2) is 0 Å². The Kier molecular flexibility index (Phi) is 6.30. The van der Waals surface area contributed by atoms with Crippen LogP contribution in [0.25, 0.3) is 0 Å². The Bertz CT molecular complexity index is 107. The van der Waals surface area contributed by atoms with E-state index in [2.05, 4.69) is 26.6 Å². The highest BCUT2D eigenvalue weighted by Crippen LogP contribution is 2.04. The van der Waals surface area contributed by atoms with Crippen molar-refractivity contribution in [3.8, 4) is 0 Å². The van der Waals surface area contributed by atoms with Crippen LogP contribution in [0.1, 0.15) is 19.8 Å². The molecule has 0 atom stereocenters. The standard InChI is InChI=1S/C7H17NSi.ClH/c1-5-6-7(8)9(2,3)4;/h8H,5-6H2,1-4H3;1H. The number of halogens is 1. The second-order valence-corrected chi connectivity index (χ2v) is 8.67. The summed E-state index contributed by atoms with van der Waals surface area (Å²) in [7, 11) is -1.09. The van der Waals surface area contributed by atoms with Crippen molar-refractivity contribution < 1.29 is 17.8 Å². The SMILES string of the molecule is CCCC(=[NH2+])[Si](C)(C)C.[Cl-]. The Labute approximate surface area is 71.1 Å². The highest BCUT2D eigenvalue weighted by molar-refractivity contribution is 7.03. The van der Waals surface area contributed by atoms with Gasteiger partial charge in [-0.05, 0) is 6.42 Å². The molecule has 0 heterocycles. The second-order valence-electron chi connectivity index (χ2n) is 3.53. The topological polar surface area (TPSA) is 25.6 Å². The van der Waals surface area contributed by atoms with Gasteiger partial charge in [-0.15, -0.1) is 0 Å². The maximum Gasteiger partial charge on any atom is 0.153 e. The van der Waals surface area contributed by atoms with Crippen LogP contribution in [0.15, 0.2) is 0 Å². The van der Waals surface area contributed by atoms with Crippen molar-refractivity contribution in [2.24, 2.45) is 0 Å².